The summed E-state index contributed by atoms with van der Waals surface area (Å²) in [7, 11) is 0. The summed E-state index contributed by atoms with van der Waals surface area (Å²) < 4.78 is 0. The Kier molecular flexibility index (Phi) is 4.52. The Morgan fingerprint density at radius 3 is 2.84 bits per heavy atom. The molecule has 3 aliphatic heterocycles. The van der Waals surface area contributed by atoms with Crippen LogP contribution >= 0.6 is 12.4 Å². The summed E-state index contributed by atoms with van der Waals surface area (Å²) in [6.45, 7) is 4.54. The van der Waals surface area contributed by atoms with Gasteiger partial charge in [-0.25, -0.2) is 4.79 Å². The predicted octanol–water partition coefficient (Wildman–Crippen LogP) is -0.356. The highest BCUT2D eigenvalue weighted by atomic mass is 35.5. The zero-order chi connectivity index (χ0) is 12.5. The maximum absolute atomic E-state index is 12.4. The zero-order valence-corrected chi connectivity index (χ0v) is 11.7. The third kappa shape index (κ3) is 2.79. The first-order valence-corrected chi connectivity index (χ1v) is 6.79. The van der Waals surface area contributed by atoms with E-state index in [1.54, 1.807) is 0 Å². The van der Waals surface area contributed by atoms with E-state index in [-0.39, 0.29) is 36.3 Å². The molecule has 108 valence electrons. The van der Waals surface area contributed by atoms with E-state index in [0.29, 0.717) is 26.2 Å². The fourth-order valence-electron chi connectivity index (χ4n) is 3.13. The first-order chi connectivity index (χ1) is 8.75. The minimum Gasteiger partial charge on any atom is -0.339 e. The molecule has 0 spiro atoms. The third-order valence-corrected chi connectivity index (χ3v) is 4.19. The number of hydrogen-bond donors (Lipinski definition) is 2. The van der Waals surface area contributed by atoms with Crippen molar-refractivity contribution in [3.63, 3.8) is 0 Å². The van der Waals surface area contributed by atoms with Gasteiger partial charge in [-0.15, -0.1) is 12.4 Å². The molecule has 2 N–H and O–H groups in total. The lowest BCUT2D eigenvalue weighted by Gasteiger charge is -2.38. The highest BCUT2D eigenvalue weighted by Crippen LogP contribution is 2.19. The molecule has 3 fully saturated rings. The summed E-state index contributed by atoms with van der Waals surface area (Å²) in [5.74, 6) is 0.400. The second-order valence-corrected chi connectivity index (χ2v) is 5.36. The number of fused-ring (bicyclic) bond motifs is 1. The summed E-state index contributed by atoms with van der Waals surface area (Å²) in [5.41, 5.74) is 0. The molecule has 3 heterocycles. The Bertz CT molecular complexity index is 360. The first kappa shape index (κ1) is 14.4. The van der Waals surface area contributed by atoms with Crippen LogP contribution in [0.2, 0.25) is 0 Å². The Balaban J connectivity index is 0.00000133. The molecule has 0 aromatic rings. The van der Waals surface area contributed by atoms with Crippen LogP contribution in [0.1, 0.15) is 12.8 Å². The number of nitrogens with zero attached hydrogens (tertiary/aromatic N) is 2. The summed E-state index contributed by atoms with van der Waals surface area (Å²) in [6.07, 6.45) is 2.08. The molecule has 3 saturated heterocycles. The molecule has 3 aliphatic rings. The quantitative estimate of drug-likeness (QED) is 0.693. The van der Waals surface area contributed by atoms with Crippen LogP contribution < -0.4 is 10.6 Å². The highest BCUT2D eigenvalue weighted by Gasteiger charge is 2.38. The van der Waals surface area contributed by atoms with Crippen LogP contribution in [-0.2, 0) is 4.79 Å². The lowest BCUT2D eigenvalue weighted by molar-refractivity contribution is -0.138. The predicted molar refractivity (Wildman–Crippen MR) is 73.3 cm³/mol. The van der Waals surface area contributed by atoms with Crippen molar-refractivity contribution in [3.8, 4) is 0 Å². The minimum absolute atomic E-state index is 0. The highest BCUT2D eigenvalue weighted by molar-refractivity contribution is 5.85. The van der Waals surface area contributed by atoms with E-state index < -0.39 is 0 Å². The molecule has 6 nitrogen and oxygen atoms in total. The Morgan fingerprint density at radius 1 is 1.26 bits per heavy atom. The minimum atomic E-state index is 0. The molecule has 0 aromatic heterocycles. The standard InChI is InChI=1S/C12H20N4O2.ClH/c17-11(9-2-1-3-13-6-9)15-4-5-16-10(8-15)7-14-12(16)18;/h9-10,13H,1-8H2,(H,14,18);1H. The van der Waals surface area contributed by atoms with Crippen molar-refractivity contribution in [2.75, 3.05) is 39.3 Å². The van der Waals surface area contributed by atoms with Gasteiger partial charge in [0.2, 0.25) is 5.91 Å². The maximum atomic E-state index is 12.4. The second kappa shape index (κ2) is 5.96. The average Bonchev–Trinajstić information content (AvgIpc) is 2.80. The van der Waals surface area contributed by atoms with Crippen LogP contribution in [0, 0.1) is 5.92 Å². The van der Waals surface area contributed by atoms with Crippen molar-refractivity contribution in [1.29, 1.82) is 0 Å². The smallest absolute Gasteiger partial charge is 0.317 e. The van der Waals surface area contributed by atoms with Gasteiger partial charge in [-0.2, -0.15) is 0 Å². The fourth-order valence-corrected chi connectivity index (χ4v) is 3.13. The van der Waals surface area contributed by atoms with Gasteiger partial charge < -0.3 is 20.4 Å². The van der Waals surface area contributed by atoms with E-state index in [1.165, 1.54) is 0 Å². The molecule has 3 amide bonds. The maximum Gasteiger partial charge on any atom is 0.317 e. The van der Waals surface area contributed by atoms with Gasteiger partial charge in [-0.3, -0.25) is 4.79 Å². The molecule has 2 atom stereocenters. The fraction of sp³-hybridized carbons (Fsp3) is 0.833. The van der Waals surface area contributed by atoms with Crippen molar-refractivity contribution in [1.82, 2.24) is 20.4 Å². The van der Waals surface area contributed by atoms with Crippen molar-refractivity contribution < 1.29 is 9.59 Å². The van der Waals surface area contributed by atoms with Crippen LogP contribution in [0.3, 0.4) is 0 Å². The molecule has 2 unspecified atom stereocenters. The largest absolute Gasteiger partial charge is 0.339 e. The topological polar surface area (TPSA) is 64.7 Å². The van der Waals surface area contributed by atoms with Crippen LogP contribution in [0.25, 0.3) is 0 Å². The molecule has 3 rings (SSSR count). The molecule has 0 saturated carbocycles. The Hall–Kier alpha value is -1.01. The van der Waals surface area contributed by atoms with Gasteiger partial charge in [-0.1, -0.05) is 0 Å². The molecular weight excluding hydrogens is 268 g/mol. The number of carbonyl (C=O) groups excluding carboxylic acids is 2. The van der Waals surface area contributed by atoms with E-state index in [9.17, 15) is 9.59 Å². The third-order valence-electron chi connectivity index (χ3n) is 4.19. The number of halogens is 1. The number of piperidine rings is 1. The van der Waals surface area contributed by atoms with Gasteiger partial charge in [-0.05, 0) is 19.4 Å². The number of amides is 3. The number of nitrogens with one attached hydrogen (secondary N) is 2. The first-order valence-electron chi connectivity index (χ1n) is 6.79. The zero-order valence-electron chi connectivity index (χ0n) is 10.9. The number of urea groups is 1. The van der Waals surface area contributed by atoms with Gasteiger partial charge in [0.25, 0.3) is 0 Å². The van der Waals surface area contributed by atoms with E-state index in [0.717, 1.165) is 25.9 Å². The van der Waals surface area contributed by atoms with Crippen molar-refractivity contribution >= 4 is 24.3 Å². The van der Waals surface area contributed by atoms with Gasteiger partial charge in [0.1, 0.15) is 0 Å². The molecule has 19 heavy (non-hydrogen) atoms. The Labute approximate surface area is 119 Å². The van der Waals surface area contributed by atoms with Gasteiger partial charge in [0.05, 0.1) is 12.0 Å². The van der Waals surface area contributed by atoms with Crippen molar-refractivity contribution in [3.05, 3.63) is 0 Å². The van der Waals surface area contributed by atoms with Crippen LogP contribution in [0.15, 0.2) is 0 Å². The summed E-state index contributed by atoms with van der Waals surface area (Å²) in [6, 6.07) is 0.193. The molecule has 7 heteroatoms. The SMILES string of the molecule is Cl.O=C(C1CCCNC1)N1CCN2C(=O)NCC2C1. The van der Waals surface area contributed by atoms with Crippen LogP contribution in [0.4, 0.5) is 4.79 Å². The van der Waals surface area contributed by atoms with Gasteiger partial charge >= 0.3 is 6.03 Å². The van der Waals surface area contributed by atoms with Gasteiger partial charge in [0.15, 0.2) is 0 Å². The molecule has 0 aliphatic carbocycles. The molecule has 0 aromatic carbocycles. The summed E-state index contributed by atoms with van der Waals surface area (Å²) >= 11 is 0. The number of piperazine rings is 1. The van der Waals surface area contributed by atoms with Crippen molar-refractivity contribution in [2.45, 2.75) is 18.9 Å². The van der Waals surface area contributed by atoms with E-state index in [2.05, 4.69) is 10.6 Å². The summed E-state index contributed by atoms with van der Waals surface area (Å²) in [4.78, 5) is 27.7. The van der Waals surface area contributed by atoms with E-state index >= 15 is 0 Å². The average molecular weight is 289 g/mol. The molecule has 0 radical (unpaired) electrons. The molecule has 0 bridgehead atoms. The van der Waals surface area contributed by atoms with Crippen molar-refractivity contribution in [2.24, 2.45) is 5.92 Å². The lowest BCUT2D eigenvalue weighted by atomic mass is 9.97. The lowest BCUT2D eigenvalue weighted by Crippen LogP contribution is -2.56. The van der Waals surface area contributed by atoms with Crippen LogP contribution in [-0.4, -0.2) is 67.0 Å². The van der Waals surface area contributed by atoms with E-state index in [4.69, 9.17) is 0 Å². The Morgan fingerprint density at radius 2 is 2.11 bits per heavy atom. The van der Waals surface area contributed by atoms with Gasteiger partial charge in [0, 0.05) is 32.7 Å². The summed E-state index contributed by atoms with van der Waals surface area (Å²) in [5, 5.41) is 6.12. The second-order valence-electron chi connectivity index (χ2n) is 5.36. The van der Waals surface area contributed by atoms with Crippen LogP contribution in [0.5, 0.6) is 0 Å². The monoisotopic (exact) mass is 288 g/mol. The number of rotatable bonds is 1. The van der Waals surface area contributed by atoms with E-state index in [1.807, 2.05) is 9.80 Å². The molecular formula is C12H21ClN4O2. The normalized spacial score (nSPS) is 30.4. The number of hydrogen-bond acceptors (Lipinski definition) is 3. The number of carbonyl (C=O) groups is 2.